The fourth-order valence-corrected chi connectivity index (χ4v) is 6.05. The molecule has 0 amide bonds. The van der Waals surface area contributed by atoms with Crippen LogP contribution in [0.4, 0.5) is 18.9 Å². The van der Waals surface area contributed by atoms with Crippen LogP contribution in [0.3, 0.4) is 0 Å². The molecule has 1 spiro atoms. The molecule has 170 valence electrons. The zero-order valence-corrected chi connectivity index (χ0v) is 18.9. The molecule has 0 radical (unpaired) electrons. The number of fused-ring (bicyclic) bond motifs is 2. The van der Waals surface area contributed by atoms with Crippen LogP contribution < -0.4 is 5.73 Å². The molecule has 0 unspecified atom stereocenters. The lowest BCUT2D eigenvalue weighted by Crippen LogP contribution is -2.48. The maximum absolute atomic E-state index is 14.3. The standard InChI is InChI=1S/C22H22ClF3N4OS/c1-13-14(11-30(28-13)19-16(24)3-2-4-17(19)27)10-29-7-5-21(6-8-29)20-15(9-18(23)32-20)22(25,26)12-31-21/h2-4,9,11H,5-8,10,12,27H2,1H3. The number of nitrogens with zero attached hydrogens (tertiary/aromatic N) is 3. The van der Waals surface area contributed by atoms with Crippen molar-refractivity contribution in [2.45, 2.75) is 37.8 Å². The Morgan fingerprint density at radius 2 is 2.03 bits per heavy atom. The third-order valence-electron chi connectivity index (χ3n) is 6.34. The van der Waals surface area contributed by atoms with Gasteiger partial charge >= 0.3 is 0 Å². The first-order valence-corrected chi connectivity index (χ1v) is 11.5. The molecule has 2 N–H and O–H groups in total. The van der Waals surface area contributed by atoms with Crippen molar-refractivity contribution in [2.75, 3.05) is 25.4 Å². The van der Waals surface area contributed by atoms with Crippen LogP contribution in [0.5, 0.6) is 0 Å². The molecule has 2 aliphatic heterocycles. The molecule has 0 atom stereocenters. The van der Waals surface area contributed by atoms with E-state index in [0.717, 1.165) is 11.3 Å². The second-order valence-corrected chi connectivity index (χ2v) is 10.1. The minimum Gasteiger partial charge on any atom is -0.397 e. The van der Waals surface area contributed by atoms with E-state index in [1.807, 2.05) is 6.92 Å². The van der Waals surface area contributed by atoms with E-state index in [1.165, 1.54) is 28.2 Å². The number of hydrogen-bond donors (Lipinski definition) is 1. The third-order valence-corrected chi connectivity index (χ3v) is 7.79. The van der Waals surface area contributed by atoms with Gasteiger partial charge in [0.25, 0.3) is 5.92 Å². The van der Waals surface area contributed by atoms with E-state index in [1.54, 1.807) is 18.3 Å². The Hall–Kier alpha value is -2.07. The summed E-state index contributed by atoms with van der Waals surface area (Å²) in [5, 5.41) is 4.45. The SMILES string of the molecule is Cc1nn(-c2c(N)cccc2F)cc1CN1CCC2(CC1)OCC(F)(F)c1cc(Cl)sc12. The summed E-state index contributed by atoms with van der Waals surface area (Å²) in [5.41, 5.74) is 7.53. The van der Waals surface area contributed by atoms with Gasteiger partial charge in [0.15, 0.2) is 5.82 Å². The number of rotatable bonds is 3. The molecule has 10 heteroatoms. The number of halogens is 4. The van der Waals surface area contributed by atoms with Gasteiger partial charge in [0.05, 0.1) is 15.7 Å². The summed E-state index contributed by atoms with van der Waals surface area (Å²) < 4.78 is 50.5. The van der Waals surface area contributed by atoms with Crippen molar-refractivity contribution in [3.05, 3.63) is 62.3 Å². The largest absolute Gasteiger partial charge is 0.397 e. The Kier molecular flexibility index (Phi) is 5.28. The van der Waals surface area contributed by atoms with Crippen LogP contribution in [-0.2, 0) is 22.8 Å². The summed E-state index contributed by atoms with van der Waals surface area (Å²) in [7, 11) is 0. The summed E-state index contributed by atoms with van der Waals surface area (Å²) >= 11 is 7.27. The number of hydrogen-bond acceptors (Lipinski definition) is 5. The number of alkyl halides is 2. The topological polar surface area (TPSA) is 56.3 Å². The van der Waals surface area contributed by atoms with Gasteiger partial charge in [0.1, 0.15) is 17.9 Å². The van der Waals surface area contributed by atoms with Crippen LogP contribution in [0.25, 0.3) is 5.69 Å². The molecule has 5 rings (SSSR count). The zero-order chi connectivity index (χ0) is 22.7. The Bertz CT molecular complexity index is 1150. The molecular weight excluding hydrogens is 461 g/mol. The number of thiophene rings is 1. The highest BCUT2D eigenvalue weighted by atomic mass is 35.5. The number of nitrogens with two attached hydrogens (primary N) is 1. The highest BCUT2D eigenvalue weighted by Gasteiger charge is 2.51. The number of aromatic nitrogens is 2. The Labute approximate surface area is 192 Å². The zero-order valence-electron chi connectivity index (χ0n) is 17.4. The predicted molar refractivity (Wildman–Crippen MR) is 118 cm³/mol. The number of nitrogen functional groups attached to an aromatic ring is 1. The van der Waals surface area contributed by atoms with Crippen molar-refractivity contribution < 1.29 is 17.9 Å². The number of benzene rings is 1. The highest BCUT2D eigenvalue weighted by Crippen LogP contribution is 2.52. The molecule has 4 heterocycles. The molecule has 1 aromatic carbocycles. The van der Waals surface area contributed by atoms with Crippen molar-refractivity contribution in [1.29, 1.82) is 0 Å². The van der Waals surface area contributed by atoms with E-state index in [4.69, 9.17) is 22.1 Å². The lowest BCUT2D eigenvalue weighted by Gasteiger charge is -2.45. The van der Waals surface area contributed by atoms with Crippen molar-refractivity contribution in [3.63, 3.8) is 0 Å². The molecule has 3 aromatic rings. The lowest BCUT2D eigenvalue weighted by molar-refractivity contribution is -0.182. The maximum Gasteiger partial charge on any atom is 0.297 e. The molecule has 0 saturated carbocycles. The molecule has 0 aliphatic carbocycles. The summed E-state index contributed by atoms with van der Waals surface area (Å²) in [6, 6.07) is 5.93. The van der Waals surface area contributed by atoms with Crippen LogP contribution in [-0.4, -0.2) is 34.4 Å². The van der Waals surface area contributed by atoms with Gasteiger partial charge < -0.3 is 10.5 Å². The van der Waals surface area contributed by atoms with Gasteiger partial charge in [-0.1, -0.05) is 17.7 Å². The smallest absolute Gasteiger partial charge is 0.297 e. The fourth-order valence-electron chi connectivity index (χ4n) is 4.57. The van der Waals surface area contributed by atoms with Gasteiger partial charge in [-0.2, -0.15) is 13.9 Å². The van der Waals surface area contributed by atoms with Crippen LogP contribution in [0, 0.1) is 12.7 Å². The van der Waals surface area contributed by atoms with Crippen LogP contribution in [0.15, 0.2) is 30.5 Å². The molecular formula is C22H22ClF3N4OS. The number of anilines is 1. The van der Waals surface area contributed by atoms with Gasteiger partial charge in [-0.05, 0) is 38.0 Å². The van der Waals surface area contributed by atoms with Gasteiger partial charge in [-0.3, -0.25) is 4.90 Å². The van der Waals surface area contributed by atoms with Crippen LogP contribution in [0.2, 0.25) is 4.34 Å². The number of ether oxygens (including phenoxy) is 1. The van der Waals surface area contributed by atoms with Crippen molar-refractivity contribution in [3.8, 4) is 5.69 Å². The van der Waals surface area contributed by atoms with Crippen LogP contribution >= 0.6 is 22.9 Å². The molecule has 32 heavy (non-hydrogen) atoms. The lowest BCUT2D eigenvalue weighted by atomic mass is 9.84. The van der Waals surface area contributed by atoms with E-state index < -0.39 is 23.9 Å². The van der Waals surface area contributed by atoms with Crippen LogP contribution in [0.1, 0.15) is 34.5 Å². The normalized spacial score (nSPS) is 19.9. The molecule has 0 bridgehead atoms. The van der Waals surface area contributed by atoms with E-state index >= 15 is 0 Å². The molecule has 2 aromatic heterocycles. The van der Waals surface area contributed by atoms with Gasteiger partial charge in [0.2, 0.25) is 0 Å². The minimum absolute atomic E-state index is 0.00629. The second kappa shape index (κ2) is 7.76. The Balaban J connectivity index is 1.33. The molecule has 5 nitrogen and oxygen atoms in total. The van der Waals surface area contributed by atoms with Gasteiger partial charge in [-0.15, -0.1) is 11.3 Å². The molecule has 1 fully saturated rings. The van der Waals surface area contributed by atoms with E-state index in [2.05, 4.69) is 10.00 Å². The quantitative estimate of drug-likeness (QED) is 0.519. The van der Waals surface area contributed by atoms with Crippen molar-refractivity contribution in [2.24, 2.45) is 0 Å². The first-order valence-electron chi connectivity index (χ1n) is 10.3. The molecule has 2 aliphatic rings. The maximum atomic E-state index is 14.3. The number of aryl methyl sites for hydroxylation is 1. The summed E-state index contributed by atoms with van der Waals surface area (Å²) in [4.78, 5) is 2.78. The summed E-state index contributed by atoms with van der Waals surface area (Å²) in [5.74, 6) is -3.45. The minimum atomic E-state index is -3.01. The summed E-state index contributed by atoms with van der Waals surface area (Å²) in [6.07, 6.45) is 2.99. The third kappa shape index (κ3) is 3.61. The number of likely N-dealkylation sites (tertiary alicyclic amines) is 1. The highest BCUT2D eigenvalue weighted by molar-refractivity contribution is 7.16. The number of para-hydroxylation sites is 1. The number of piperidine rings is 1. The monoisotopic (exact) mass is 482 g/mol. The summed E-state index contributed by atoms with van der Waals surface area (Å²) in [6.45, 7) is 3.22. The van der Waals surface area contributed by atoms with Crippen molar-refractivity contribution in [1.82, 2.24) is 14.7 Å². The fraction of sp³-hybridized carbons (Fsp3) is 0.409. The predicted octanol–water partition coefficient (Wildman–Crippen LogP) is 5.23. The molecule has 1 saturated heterocycles. The average molecular weight is 483 g/mol. The first-order chi connectivity index (χ1) is 15.2. The van der Waals surface area contributed by atoms with Crippen molar-refractivity contribution >= 4 is 28.6 Å². The second-order valence-electron chi connectivity index (χ2n) is 8.42. The average Bonchev–Trinajstić information content (AvgIpc) is 3.31. The first kappa shape index (κ1) is 21.8. The van der Waals surface area contributed by atoms with Gasteiger partial charge in [0, 0.05) is 41.8 Å². The van der Waals surface area contributed by atoms with E-state index in [0.29, 0.717) is 47.4 Å². The van der Waals surface area contributed by atoms with E-state index in [-0.39, 0.29) is 11.3 Å². The Morgan fingerprint density at radius 3 is 2.75 bits per heavy atom. The Morgan fingerprint density at radius 1 is 1.28 bits per heavy atom. The van der Waals surface area contributed by atoms with Gasteiger partial charge in [-0.25, -0.2) is 9.07 Å². The van der Waals surface area contributed by atoms with E-state index in [9.17, 15) is 13.2 Å².